The van der Waals surface area contributed by atoms with Crippen molar-refractivity contribution in [1.29, 1.82) is 0 Å². The number of nitrogens with zero attached hydrogens (tertiary/aromatic N) is 3. The number of anilines is 4. The van der Waals surface area contributed by atoms with Crippen LogP contribution in [0.2, 0.25) is 0 Å². The molecular formula is C23H25N5O. The average Bonchev–Trinajstić information content (AvgIpc) is 3.26. The maximum absolute atomic E-state index is 12.7. The molecule has 0 spiro atoms. The number of carbonyl (C=O) groups is 1. The Labute approximate surface area is 171 Å². The Morgan fingerprint density at radius 2 is 1.66 bits per heavy atom. The second-order valence-corrected chi connectivity index (χ2v) is 7.38. The average molecular weight is 387 g/mol. The summed E-state index contributed by atoms with van der Waals surface area (Å²) in [6.45, 7) is 6.19. The van der Waals surface area contributed by atoms with Gasteiger partial charge in [-0.2, -0.15) is 0 Å². The zero-order valence-corrected chi connectivity index (χ0v) is 16.8. The van der Waals surface area contributed by atoms with Crippen molar-refractivity contribution in [1.82, 2.24) is 9.97 Å². The molecule has 3 aromatic rings. The number of benzene rings is 2. The molecule has 1 amide bonds. The lowest BCUT2D eigenvalue weighted by Crippen LogP contribution is -2.17. The fourth-order valence-corrected chi connectivity index (χ4v) is 3.62. The largest absolute Gasteiger partial charge is 0.372 e. The van der Waals surface area contributed by atoms with Crippen LogP contribution >= 0.6 is 0 Å². The van der Waals surface area contributed by atoms with Crippen LogP contribution in [0.3, 0.4) is 0 Å². The Morgan fingerprint density at radius 1 is 0.966 bits per heavy atom. The maximum Gasteiger partial charge on any atom is 0.274 e. The standard InChI is InChI=1S/C23H25N5O/c1-16-6-5-7-17(2)22(16)27-23(29)20-14-21(25-15-24-20)26-18-8-10-19(11-9-18)28-12-3-4-13-28/h5-11,14-15H,3-4,12-13H2,1-2H3,(H,27,29)(H,24,25,26). The van der Waals surface area contributed by atoms with Crippen molar-refractivity contribution in [2.24, 2.45) is 0 Å². The number of aryl methyl sites for hydroxylation is 2. The molecule has 2 aromatic carbocycles. The predicted molar refractivity (Wildman–Crippen MR) is 117 cm³/mol. The summed E-state index contributed by atoms with van der Waals surface area (Å²) in [6, 6.07) is 15.9. The zero-order valence-electron chi connectivity index (χ0n) is 16.8. The number of carbonyl (C=O) groups excluding carboxylic acids is 1. The molecule has 2 N–H and O–H groups in total. The number of para-hydroxylation sites is 1. The molecule has 1 aromatic heterocycles. The van der Waals surface area contributed by atoms with Gasteiger partial charge in [0.05, 0.1) is 0 Å². The van der Waals surface area contributed by atoms with Crippen molar-refractivity contribution in [3.05, 3.63) is 71.7 Å². The van der Waals surface area contributed by atoms with E-state index in [2.05, 4.69) is 37.6 Å². The molecule has 1 aliphatic rings. The van der Waals surface area contributed by atoms with Crippen molar-refractivity contribution in [3.63, 3.8) is 0 Å². The predicted octanol–water partition coefficient (Wildman–Crippen LogP) is 4.69. The second kappa shape index (κ2) is 8.31. The second-order valence-electron chi connectivity index (χ2n) is 7.38. The molecule has 0 bridgehead atoms. The summed E-state index contributed by atoms with van der Waals surface area (Å²) in [5, 5.41) is 6.22. The summed E-state index contributed by atoms with van der Waals surface area (Å²) in [6.07, 6.45) is 3.92. The third-order valence-electron chi connectivity index (χ3n) is 5.23. The molecule has 6 nitrogen and oxygen atoms in total. The van der Waals surface area contributed by atoms with E-state index in [9.17, 15) is 4.79 Å². The Morgan fingerprint density at radius 3 is 2.34 bits per heavy atom. The van der Waals surface area contributed by atoms with Gasteiger partial charge in [0.25, 0.3) is 5.91 Å². The highest BCUT2D eigenvalue weighted by Crippen LogP contribution is 2.24. The van der Waals surface area contributed by atoms with E-state index >= 15 is 0 Å². The van der Waals surface area contributed by atoms with E-state index in [1.165, 1.54) is 24.9 Å². The highest BCUT2D eigenvalue weighted by atomic mass is 16.1. The molecule has 0 saturated carbocycles. The Hall–Kier alpha value is -3.41. The smallest absolute Gasteiger partial charge is 0.274 e. The van der Waals surface area contributed by atoms with Crippen LogP contribution in [-0.2, 0) is 0 Å². The summed E-state index contributed by atoms with van der Waals surface area (Å²) in [7, 11) is 0. The number of hydrogen-bond acceptors (Lipinski definition) is 5. The SMILES string of the molecule is Cc1cccc(C)c1NC(=O)c1cc(Nc2ccc(N3CCCC3)cc2)ncn1. The van der Waals surface area contributed by atoms with Crippen LogP contribution in [0.4, 0.5) is 22.9 Å². The van der Waals surface area contributed by atoms with Crippen molar-refractivity contribution >= 4 is 28.8 Å². The number of nitrogens with one attached hydrogen (secondary N) is 2. The van der Waals surface area contributed by atoms with Gasteiger partial charge in [-0.3, -0.25) is 4.79 Å². The molecule has 6 heteroatoms. The molecule has 1 aliphatic heterocycles. The van der Waals surface area contributed by atoms with Gasteiger partial charge in [0.2, 0.25) is 0 Å². The van der Waals surface area contributed by atoms with E-state index in [0.717, 1.165) is 35.6 Å². The molecular weight excluding hydrogens is 362 g/mol. The van der Waals surface area contributed by atoms with Gasteiger partial charge >= 0.3 is 0 Å². The van der Waals surface area contributed by atoms with Gasteiger partial charge in [0.15, 0.2) is 0 Å². The lowest BCUT2D eigenvalue weighted by Gasteiger charge is -2.18. The highest BCUT2D eigenvalue weighted by Gasteiger charge is 2.13. The normalized spacial score (nSPS) is 13.4. The molecule has 1 saturated heterocycles. The van der Waals surface area contributed by atoms with E-state index in [-0.39, 0.29) is 5.91 Å². The Bertz CT molecular complexity index is 990. The van der Waals surface area contributed by atoms with Gasteiger partial charge in [-0.1, -0.05) is 18.2 Å². The van der Waals surface area contributed by atoms with Gasteiger partial charge in [-0.15, -0.1) is 0 Å². The van der Waals surface area contributed by atoms with Crippen LogP contribution in [0.15, 0.2) is 54.9 Å². The van der Waals surface area contributed by atoms with Gasteiger partial charge in [-0.05, 0) is 62.1 Å². The summed E-state index contributed by atoms with van der Waals surface area (Å²) in [4.78, 5) is 23.5. The summed E-state index contributed by atoms with van der Waals surface area (Å²) in [5.74, 6) is 0.331. The van der Waals surface area contributed by atoms with Gasteiger partial charge in [0, 0.05) is 36.2 Å². The van der Waals surface area contributed by atoms with Crippen LogP contribution in [0.1, 0.15) is 34.5 Å². The molecule has 2 heterocycles. The van der Waals surface area contributed by atoms with Crippen LogP contribution in [0.5, 0.6) is 0 Å². The first-order valence-electron chi connectivity index (χ1n) is 9.92. The lowest BCUT2D eigenvalue weighted by molar-refractivity contribution is 0.102. The number of amides is 1. The number of rotatable bonds is 5. The topological polar surface area (TPSA) is 70.2 Å². The minimum Gasteiger partial charge on any atom is -0.372 e. The molecule has 29 heavy (non-hydrogen) atoms. The van der Waals surface area contributed by atoms with Crippen LogP contribution in [0.25, 0.3) is 0 Å². The van der Waals surface area contributed by atoms with E-state index in [4.69, 9.17) is 0 Å². The first kappa shape index (κ1) is 18.9. The molecule has 1 fully saturated rings. The minimum atomic E-state index is -0.253. The number of aromatic nitrogens is 2. The third kappa shape index (κ3) is 4.37. The highest BCUT2D eigenvalue weighted by molar-refractivity contribution is 6.04. The zero-order chi connectivity index (χ0) is 20.2. The first-order valence-corrected chi connectivity index (χ1v) is 9.92. The summed E-state index contributed by atoms with van der Waals surface area (Å²) in [5.41, 5.74) is 5.34. The van der Waals surface area contributed by atoms with Crippen LogP contribution in [-0.4, -0.2) is 29.0 Å². The first-order chi connectivity index (χ1) is 14.1. The van der Waals surface area contributed by atoms with Crippen molar-refractivity contribution in [3.8, 4) is 0 Å². The summed E-state index contributed by atoms with van der Waals surface area (Å²) >= 11 is 0. The maximum atomic E-state index is 12.7. The molecule has 0 unspecified atom stereocenters. The van der Waals surface area contributed by atoms with E-state index in [1.807, 2.05) is 44.2 Å². The van der Waals surface area contributed by atoms with Crippen molar-refractivity contribution in [2.45, 2.75) is 26.7 Å². The molecule has 0 radical (unpaired) electrons. The van der Waals surface area contributed by atoms with Gasteiger partial charge < -0.3 is 15.5 Å². The van der Waals surface area contributed by atoms with E-state index < -0.39 is 0 Å². The van der Waals surface area contributed by atoms with E-state index in [1.54, 1.807) is 6.07 Å². The quantitative estimate of drug-likeness (QED) is 0.665. The van der Waals surface area contributed by atoms with Gasteiger partial charge in [0.1, 0.15) is 17.8 Å². The van der Waals surface area contributed by atoms with Crippen LogP contribution in [0, 0.1) is 13.8 Å². The summed E-state index contributed by atoms with van der Waals surface area (Å²) < 4.78 is 0. The third-order valence-corrected chi connectivity index (χ3v) is 5.23. The van der Waals surface area contributed by atoms with Crippen LogP contribution < -0.4 is 15.5 Å². The molecule has 0 aliphatic carbocycles. The fraction of sp³-hybridized carbons (Fsp3) is 0.261. The number of hydrogen-bond donors (Lipinski definition) is 2. The van der Waals surface area contributed by atoms with E-state index in [0.29, 0.717) is 11.5 Å². The fourth-order valence-electron chi connectivity index (χ4n) is 3.62. The Kier molecular flexibility index (Phi) is 5.42. The lowest BCUT2D eigenvalue weighted by atomic mass is 10.1. The monoisotopic (exact) mass is 387 g/mol. The molecule has 0 atom stereocenters. The molecule has 148 valence electrons. The Balaban J connectivity index is 1.46. The molecule has 4 rings (SSSR count). The van der Waals surface area contributed by atoms with Crippen molar-refractivity contribution in [2.75, 3.05) is 28.6 Å². The minimum absolute atomic E-state index is 0.253. The van der Waals surface area contributed by atoms with Crippen molar-refractivity contribution < 1.29 is 4.79 Å². The van der Waals surface area contributed by atoms with Gasteiger partial charge in [-0.25, -0.2) is 9.97 Å².